The van der Waals surface area contributed by atoms with Crippen molar-refractivity contribution < 1.29 is 9.53 Å². The zero-order valence-electron chi connectivity index (χ0n) is 13.3. The standard InChI is InChI=1S/C16H25N3O2/c1-5-6-14-7-13(8-15(17-4)18-14)16(20)19-9-11(2)21-12(3)10-19/h7-8,11-12H,5-6,9-10H2,1-4H3,(H,17,18)/t11-,12+. The van der Waals surface area contributed by atoms with Crippen molar-refractivity contribution in [2.45, 2.75) is 45.8 Å². The van der Waals surface area contributed by atoms with Gasteiger partial charge in [-0.15, -0.1) is 0 Å². The number of carbonyl (C=O) groups excluding carboxylic acids is 1. The molecule has 1 aliphatic rings. The van der Waals surface area contributed by atoms with E-state index in [1.807, 2.05) is 37.9 Å². The molecule has 0 bridgehead atoms. The number of ether oxygens (including phenoxy) is 1. The Morgan fingerprint density at radius 1 is 1.38 bits per heavy atom. The Bertz CT molecular complexity index is 494. The molecule has 1 aromatic heterocycles. The van der Waals surface area contributed by atoms with Crippen LogP contribution in [0, 0.1) is 0 Å². The van der Waals surface area contributed by atoms with Crippen LogP contribution < -0.4 is 5.32 Å². The van der Waals surface area contributed by atoms with Crippen LogP contribution in [0.3, 0.4) is 0 Å². The largest absolute Gasteiger partial charge is 0.373 e. The Balaban J connectivity index is 2.23. The monoisotopic (exact) mass is 291 g/mol. The SMILES string of the molecule is CCCc1cc(C(=O)N2C[C@@H](C)O[C@@H](C)C2)cc(NC)n1. The number of anilines is 1. The maximum Gasteiger partial charge on any atom is 0.254 e. The van der Waals surface area contributed by atoms with Crippen LogP contribution in [0.4, 0.5) is 5.82 Å². The van der Waals surface area contributed by atoms with Crippen LogP contribution >= 0.6 is 0 Å². The van der Waals surface area contributed by atoms with Gasteiger partial charge in [-0.1, -0.05) is 13.3 Å². The number of pyridine rings is 1. The van der Waals surface area contributed by atoms with Crippen LogP contribution in [0.25, 0.3) is 0 Å². The zero-order chi connectivity index (χ0) is 15.4. The van der Waals surface area contributed by atoms with Gasteiger partial charge in [0.15, 0.2) is 0 Å². The van der Waals surface area contributed by atoms with Crippen molar-refractivity contribution in [1.29, 1.82) is 0 Å². The number of hydrogen-bond donors (Lipinski definition) is 1. The predicted octanol–water partition coefficient (Wildman–Crippen LogP) is 2.33. The van der Waals surface area contributed by atoms with Crippen LogP contribution in [0.5, 0.6) is 0 Å². The summed E-state index contributed by atoms with van der Waals surface area (Å²) in [5.74, 6) is 0.812. The Hall–Kier alpha value is -1.62. The van der Waals surface area contributed by atoms with Gasteiger partial charge in [0.05, 0.1) is 12.2 Å². The van der Waals surface area contributed by atoms with Crippen molar-refractivity contribution in [3.05, 3.63) is 23.4 Å². The molecule has 1 amide bonds. The Morgan fingerprint density at radius 3 is 2.62 bits per heavy atom. The highest BCUT2D eigenvalue weighted by Gasteiger charge is 2.27. The average Bonchev–Trinajstić information content (AvgIpc) is 2.45. The topological polar surface area (TPSA) is 54.5 Å². The molecule has 0 radical (unpaired) electrons. The Morgan fingerprint density at radius 2 is 2.05 bits per heavy atom. The normalized spacial score (nSPS) is 22.2. The molecule has 0 saturated carbocycles. The van der Waals surface area contributed by atoms with Gasteiger partial charge in [-0.25, -0.2) is 4.98 Å². The van der Waals surface area contributed by atoms with E-state index in [4.69, 9.17) is 4.74 Å². The lowest BCUT2D eigenvalue weighted by molar-refractivity contribution is -0.0586. The summed E-state index contributed by atoms with van der Waals surface area (Å²) in [5.41, 5.74) is 1.67. The molecule has 2 heterocycles. The van der Waals surface area contributed by atoms with Crippen LogP contribution in [-0.4, -0.2) is 48.1 Å². The van der Waals surface area contributed by atoms with E-state index < -0.39 is 0 Å². The molecule has 2 rings (SSSR count). The lowest BCUT2D eigenvalue weighted by atomic mass is 10.1. The lowest BCUT2D eigenvalue weighted by Crippen LogP contribution is -2.48. The zero-order valence-corrected chi connectivity index (χ0v) is 13.3. The summed E-state index contributed by atoms with van der Waals surface area (Å²) in [4.78, 5) is 19.1. The molecule has 116 valence electrons. The third-order valence-electron chi connectivity index (χ3n) is 3.59. The summed E-state index contributed by atoms with van der Waals surface area (Å²) in [7, 11) is 1.82. The van der Waals surface area contributed by atoms with Gasteiger partial charge in [-0.2, -0.15) is 0 Å². The van der Waals surface area contributed by atoms with E-state index in [1.54, 1.807) is 0 Å². The van der Waals surface area contributed by atoms with Crippen LogP contribution in [0.1, 0.15) is 43.2 Å². The quantitative estimate of drug-likeness (QED) is 0.925. The van der Waals surface area contributed by atoms with Gasteiger partial charge in [0.2, 0.25) is 0 Å². The average molecular weight is 291 g/mol. The van der Waals surface area contributed by atoms with Crippen molar-refractivity contribution in [2.75, 3.05) is 25.5 Å². The van der Waals surface area contributed by atoms with Crippen LogP contribution in [-0.2, 0) is 11.2 Å². The van der Waals surface area contributed by atoms with Crippen molar-refractivity contribution >= 4 is 11.7 Å². The first-order valence-electron chi connectivity index (χ1n) is 7.67. The van der Waals surface area contributed by atoms with Gasteiger partial charge < -0.3 is 15.0 Å². The fourth-order valence-corrected chi connectivity index (χ4v) is 2.75. The van der Waals surface area contributed by atoms with Crippen LogP contribution in [0.15, 0.2) is 12.1 Å². The third kappa shape index (κ3) is 3.94. The molecular weight excluding hydrogens is 266 g/mol. The summed E-state index contributed by atoms with van der Waals surface area (Å²) < 4.78 is 5.69. The first-order chi connectivity index (χ1) is 10.0. The number of aromatic nitrogens is 1. The molecule has 0 unspecified atom stereocenters. The van der Waals surface area contributed by atoms with Crippen molar-refractivity contribution in [3.8, 4) is 0 Å². The van der Waals surface area contributed by atoms with Gasteiger partial charge in [0.25, 0.3) is 5.91 Å². The maximum absolute atomic E-state index is 12.7. The Labute approximate surface area is 126 Å². The van der Waals surface area contributed by atoms with Gasteiger partial charge in [-0.05, 0) is 32.4 Å². The molecule has 1 aliphatic heterocycles. The number of nitrogens with one attached hydrogen (secondary N) is 1. The highest BCUT2D eigenvalue weighted by molar-refractivity contribution is 5.95. The molecule has 2 atom stereocenters. The summed E-state index contributed by atoms with van der Waals surface area (Å²) in [6, 6.07) is 3.74. The van der Waals surface area contributed by atoms with E-state index in [0.717, 1.165) is 24.4 Å². The number of aryl methyl sites for hydroxylation is 1. The van der Waals surface area contributed by atoms with E-state index in [9.17, 15) is 4.79 Å². The molecule has 5 heteroatoms. The molecule has 1 saturated heterocycles. The summed E-state index contributed by atoms with van der Waals surface area (Å²) in [6.45, 7) is 7.40. The molecule has 21 heavy (non-hydrogen) atoms. The minimum atomic E-state index is 0.0632. The number of hydrogen-bond acceptors (Lipinski definition) is 4. The molecule has 1 fully saturated rings. The third-order valence-corrected chi connectivity index (χ3v) is 3.59. The van der Waals surface area contributed by atoms with Gasteiger partial charge in [-0.3, -0.25) is 4.79 Å². The first-order valence-corrected chi connectivity index (χ1v) is 7.67. The lowest BCUT2D eigenvalue weighted by Gasteiger charge is -2.35. The summed E-state index contributed by atoms with van der Waals surface area (Å²) >= 11 is 0. The van der Waals surface area contributed by atoms with Crippen molar-refractivity contribution in [3.63, 3.8) is 0 Å². The Kier molecular flexibility index (Phi) is 5.17. The van der Waals surface area contributed by atoms with Gasteiger partial charge >= 0.3 is 0 Å². The van der Waals surface area contributed by atoms with Gasteiger partial charge in [0, 0.05) is 31.4 Å². The second-order valence-electron chi connectivity index (χ2n) is 5.70. The molecule has 0 spiro atoms. The summed E-state index contributed by atoms with van der Waals surface area (Å²) in [5, 5.41) is 3.03. The number of amides is 1. The second-order valence-corrected chi connectivity index (χ2v) is 5.70. The molecule has 0 aliphatic carbocycles. The molecule has 0 aromatic carbocycles. The summed E-state index contributed by atoms with van der Waals surface area (Å²) in [6.07, 6.45) is 2.06. The number of carbonyl (C=O) groups is 1. The smallest absolute Gasteiger partial charge is 0.254 e. The van der Waals surface area contributed by atoms with Crippen molar-refractivity contribution in [2.24, 2.45) is 0 Å². The first kappa shape index (κ1) is 15.8. The van der Waals surface area contributed by atoms with E-state index in [1.165, 1.54) is 0 Å². The fraction of sp³-hybridized carbons (Fsp3) is 0.625. The number of morpholine rings is 1. The van der Waals surface area contributed by atoms with Gasteiger partial charge in [0.1, 0.15) is 5.82 Å². The predicted molar refractivity (Wildman–Crippen MR) is 83.7 cm³/mol. The molecule has 1 aromatic rings. The number of nitrogens with zero attached hydrogens (tertiary/aromatic N) is 2. The minimum Gasteiger partial charge on any atom is -0.373 e. The fourth-order valence-electron chi connectivity index (χ4n) is 2.75. The molecule has 5 nitrogen and oxygen atoms in total. The maximum atomic E-state index is 12.7. The molecule has 1 N–H and O–H groups in total. The van der Waals surface area contributed by atoms with E-state index in [2.05, 4.69) is 17.2 Å². The van der Waals surface area contributed by atoms with Crippen molar-refractivity contribution in [1.82, 2.24) is 9.88 Å². The molecular formula is C16H25N3O2. The van der Waals surface area contributed by atoms with E-state index in [-0.39, 0.29) is 18.1 Å². The number of rotatable bonds is 4. The second kappa shape index (κ2) is 6.89. The van der Waals surface area contributed by atoms with E-state index in [0.29, 0.717) is 18.7 Å². The van der Waals surface area contributed by atoms with Crippen LogP contribution in [0.2, 0.25) is 0 Å². The minimum absolute atomic E-state index is 0.0632. The highest BCUT2D eigenvalue weighted by Crippen LogP contribution is 2.17. The highest BCUT2D eigenvalue weighted by atomic mass is 16.5. The van der Waals surface area contributed by atoms with E-state index >= 15 is 0 Å².